The molecule has 1 fully saturated rings. The van der Waals surface area contributed by atoms with Gasteiger partial charge in [0.05, 0.1) is 33.0 Å². The number of carbonyl (C=O) groups excluding carboxylic acids is 1. The minimum atomic E-state index is -0.765. The Morgan fingerprint density at radius 3 is 1.81 bits per heavy atom. The number of hydrogen-bond acceptors (Lipinski definition) is 7. The zero-order valence-corrected chi connectivity index (χ0v) is 25.1. The number of ether oxygens (including phenoxy) is 5. The maximum Gasteiger partial charge on any atom is 0.374 e. The third kappa shape index (κ3) is 9.01. The Morgan fingerprint density at radius 2 is 1.31 bits per heavy atom. The van der Waals surface area contributed by atoms with Gasteiger partial charge < -0.3 is 28.6 Å². The van der Waals surface area contributed by atoms with Gasteiger partial charge in [-0.1, -0.05) is 103 Å². The van der Waals surface area contributed by atoms with E-state index in [1.807, 2.05) is 91.0 Å². The third-order valence-corrected chi connectivity index (χ3v) is 6.94. The molecule has 0 amide bonds. The molecule has 1 saturated heterocycles. The third-order valence-electron chi connectivity index (χ3n) is 6.62. The Hall–Kier alpha value is -3.47. The normalized spacial score (nSPS) is 20.3. The van der Waals surface area contributed by atoms with Crippen LogP contribution in [0.3, 0.4) is 0 Å². The lowest BCUT2D eigenvalue weighted by molar-refractivity contribution is -0.135. The molecule has 4 rings (SSSR count). The average molecular weight is 591 g/mol. The maximum atomic E-state index is 12.6. The van der Waals surface area contributed by atoms with E-state index in [1.54, 1.807) is 25.9 Å². The van der Waals surface area contributed by atoms with Crippen LogP contribution in [-0.4, -0.2) is 73.4 Å². The quantitative estimate of drug-likeness (QED) is 0.126. The lowest BCUT2D eigenvalue weighted by Crippen LogP contribution is -2.41. The van der Waals surface area contributed by atoms with Gasteiger partial charge in [-0.05, 0) is 23.6 Å². The summed E-state index contributed by atoms with van der Waals surface area (Å²) in [4.78, 5) is 18.9. The van der Waals surface area contributed by atoms with Gasteiger partial charge in [0.15, 0.2) is 0 Å². The largest absolute Gasteiger partial charge is 0.460 e. The number of carbonyl (C=O) groups is 1. The van der Waals surface area contributed by atoms with E-state index in [4.69, 9.17) is 35.9 Å². The average Bonchev–Trinajstić information content (AvgIpc) is 3.36. The second-order valence-electron chi connectivity index (χ2n) is 10.0. The number of aliphatic imine (C=N–C) groups is 1. The second kappa shape index (κ2) is 16.2. The van der Waals surface area contributed by atoms with Crippen molar-refractivity contribution in [2.24, 2.45) is 4.99 Å². The van der Waals surface area contributed by atoms with Crippen LogP contribution in [0.4, 0.5) is 0 Å². The van der Waals surface area contributed by atoms with Gasteiger partial charge in [0, 0.05) is 14.1 Å². The number of benzene rings is 3. The molecule has 0 aliphatic carbocycles. The molecule has 42 heavy (non-hydrogen) atoms. The Labute approximate surface area is 253 Å². The highest BCUT2D eigenvalue weighted by molar-refractivity contribution is 7.80. The van der Waals surface area contributed by atoms with Crippen LogP contribution in [0.5, 0.6) is 0 Å². The maximum absolute atomic E-state index is 12.6. The molecule has 222 valence electrons. The predicted octanol–water partition coefficient (Wildman–Crippen LogP) is 4.99. The van der Waals surface area contributed by atoms with E-state index in [0.29, 0.717) is 19.8 Å². The van der Waals surface area contributed by atoms with Crippen LogP contribution in [0, 0.1) is 0 Å². The van der Waals surface area contributed by atoms with Crippen LogP contribution in [0.1, 0.15) is 23.6 Å². The highest BCUT2D eigenvalue weighted by atomic mass is 32.1. The summed E-state index contributed by atoms with van der Waals surface area (Å²) in [7, 11) is 3.42. The van der Waals surface area contributed by atoms with E-state index in [9.17, 15) is 4.79 Å². The standard InChI is InChI=1S/C33H38N2O6S/c1-4-38-33(36)31(35(2)3)34-32(42)30-29(40-22-26-18-12-7-13-19-26)28(39-21-25-16-10-6-11-17-25)27(41-30)23-37-20-24-14-8-5-9-15-24/h5-19,27-30H,4,20-23H2,1-3H3/t27-,28-,29-,30-/m1/s1. The van der Waals surface area contributed by atoms with Gasteiger partial charge in [-0.2, -0.15) is 0 Å². The van der Waals surface area contributed by atoms with E-state index in [1.165, 1.54) is 0 Å². The van der Waals surface area contributed by atoms with Crippen molar-refractivity contribution >= 4 is 29.0 Å². The highest BCUT2D eigenvalue weighted by Crippen LogP contribution is 2.30. The van der Waals surface area contributed by atoms with Crippen LogP contribution < -0.4 is 0 Å². The zero-order chi connectivity index (χ0) is 29.7. The molecule has 1 heterocycles. The molecule has 0 radical (unpaired) electrons. The van der Waals surface area contributed by atoms with Gasteiger partial charge >= 0.3 is 5.97 Å². The molecule has 0 bridgehead atoms. The number of amidine groups is 1. The molecular formula is C33H38N2O6S. The van der Waals surface area contributed by atoms with Crippen LogP contribution in [0.2, 0.25) is 0 Å². The molecule has 9 heteroatoms. The Morgan fingerprint density at radius 1 is 0.810 bits per heavy atom. The minimum Gasteiger partial charge on any atom is -0.460 e. The first kappa shape index (κ1) is 31.5. The fourth-order valence-electron chi connectivity index (χ4n) is 4.54. The van der Waals surface area contributed by atoms with Gasteiger partial charge in [0.1, 0.15) is 29.4 Å². The molecule has 0 saturated carbocycles. The highest BCUT2D eigenvalue weighted by Gasteiger charge is 2.48. The van der Waals surface area contributed by atoms with Crippen molar-refractivity contribution in [3.8, 4) is 0 Å². The van der Waals surface area contributed by atoms with Crippen LogP contribution in [0.15, 0.2) is 96.0 Å². The summed E-state index contributed by atoms with van der Waals surface area (Å²) in [5, 5.41) is 0. The molecular weight excluding hydrogens is 552 g/mol. The molecule has 0 aromatic heterocycles. The van der Waals surface area contributed by atoms with Crippen molar-refractivity contribution in [2.75, 3.05) is 27.3 Å². The monoisotopic (exact) mass is 590 g/mol. The minimum absolute atomic E-state index is 0.0813. The number of rotatable bonds is 12. The van der Waals surface area contributed by atoms with Crippen molar-refractivity contribution in [1.82, 2.24) is 4.90 Å². The lowest BCUT2D eigenvalue weighted by Gasteiger charge is -2.25. The first-order valence-corrected chi connectivity index (χ1v) is 14.4. The second-order valence-corrected chi connectivity index (χ2v) is 10.4. The molecule has 8 nitrogen and oxygen atoms in total. The van der Waals surface area contributed by atoms with Crippen molar-refractivity contribution < 1.29 is 28.5 Å². The first-order chi connectivity index (χ1) is 20.5. The van der Waals surface area contributed by atoms with Gasteiger partial charge in [-0.3, -0.25) is 0 Å². The summed E-state index contributed by atoms with van der Waals surface area (Å²) in [5.74, 6) is -0.484. The molecule has 0 unspecified atom stereocenters. The van der Waals surface area contributed by atoms with Gasteiger partial charge in [0.25, 0.3) is 0 Å². The van der Waals surface area contributed by atoms with E-state index in [-0.39, 0.29) is 24.0 Å². The molecule has 0 spiro atoms. The molecule has 3 aromatic carbocycles. The number of nitrogens with zero attached hydrogens (tertiary/aromatic N) is 2. The Bertz CT molecular complexity index is 1290. The smallest absolute Gasteiger partial charge is 0.374 e. The Balaban J connectivity index is 1.60. The first-order valence-electron chi connectivity index (χ1n) is 14.0. The summed E-state index contributed by atoms with van der Waals surface area (Å²) in [5.41, 5.74) is 3.07. The van der Waals surface area contributed by atoms with Crippen molar-refractivity contribution in [2.45, 2.75) is 51.2 Å². The predicted molar refractivity (Wildman–Crippen MR) is 165 cm³/mol. The van der Waals surface area contributed by atoms with Gasteiger partial charge in [-0.25, -0.2) is 9.79 Å². The van der Waals surface area contributed by atoms with E-state index >= 15 is 0 Å². The van der Waals surface area contributed by atoms with Crippen LogP contribution in [-0.2, 0) is 48.3 Å². The van der Waals surface area contributed by atoms with Crippen molar-refractivity contribution in [1.29, 1.82) is 0 Å². The fourth-order valence-corrected chi connectivity index (χ4v) is 4.81. The van der Waals surface area contributed by atoms with Crippen LogP contribution in [0.25, 0.3) is 0 Å². The van der Waals surface area contributed by atoms with Crippen molar-refractivity contribution in [3.63, 3.8) is 0 Å². The molecule has 1 aliphatic rings. The number of esters is 1. The van der Waals surface area contributed by atoms with Crippen LogP contribution >= 0.6 is 12.2 Å². The number of thiocarbonyl (C=S) groups is 1. The van der Waals surface area contributed by atoms with E-state index in [2.05, 4.69) is 4.99 Å². The summed E-state index contributed by atoms with van der Waals surface area (Å²) in [6.07, 6.45) is -2.39. The number of likely N-dealkylation sites (N-methyl/N-ethyl adjacent to an activating group) is 1. The number of hydrogen-bond donors (Lipinski definition) is 0. The molecule has 3 aromatic rings. The summed E-state index contributed by atoms with van der Waals surface area (Å²) < 4.78 is 30.7. The van der Waals surface area contributed by atoms with Gasteiger partial charge in [0.2, 0.25) is 5.84 Å². The van der Waals surface area contributed by atoms with Crippen molar-refractivity contribution in [3.05, 3.63) is 108 Å². The molecule has 1 aliphatic heterocycles. The fraction of sp³-hybridized carbons (Fsp3) is 0.364. The Kier molecular flexibility index (Phi) is 12.2. The molecule has 4 atom stereocenters. The summed E-state index contributed by atoms with van der Waals surface area (Å²) >= 11 is 5.77. The lowest BCUT2D eigenvalue weighted by atomic mass is 10.1. The molecule has 0 N–H and O–H groups in total. The van der Waals surface area contributed by atoms with E-state index in [0.717, 1.165) is 16.7 Å². The van der Waals surface area contributed by atoms with E-state index < -0.39 is 30.4 Å². The zero-order valence-electron chi connectivity index (χ0n) is 24.3. The van der Waals surface area contributed by atoms with Gasteiger partial charge in [-0.15, -0.1) is 0 Å². The summed E-state index contributed by atoms with van der Waals surface area (Å²) in [6.45, 7) is 3.30. The summed E-state index contributed by atoms with van der Waals surface area (Å²) in [6, 6.07) is 29.7. The SMILES string of the molecule is CCOC(=O)C(=NC(=S)[C@@H]1O[C@H](COCc2ccccc2)[C@@H](OCc2ccccc2)[C@H]1OCc1ccccc1)N(C)C. The topological polar surface area (TPSA) is 78.8 Å².